The topological polar surface area (TPSA) is 44.0 Å². The maximum absolute atomic E-state index is 9.40. The minimum atomic E-state index is 0.314. The average molecular weight is 261 g/mol. The summed E-state index contributed by atoms with van der Waals surface area (Å²) in [5.74, 6) is 3.63. The zero-order valence-corrected chi connectivity index (χ0v) is 12.1. The van der Waals surface area contributed by atoms with Crippen LogP contribution in [0.3, 0.4) is 0 Å². The summed E-state index contributed by atoms with van der Waals surface area (Å²) in [5.41, 5.74) is 0.319. The van der Waals surface area contributed by atoms with Crippen molar-refractivity contribution < 1.29 is 5.11 Å². The van der Waals surface area contributed by atoms with Gasteiger partial charge in [-0.3, -0.25) is 0 Å². The Balaban J connectivity index is 1.71. The lowest BCUT2D eigenvalue weighted by atomic mass is 9.55. The monoisotopic (exact) mass is 261 g/mol. The fourth-order valence-corrected chi connectivity index (χ4v) is 5.58. The smallest absolute Gasteiger partial charge is 0.0661 e. The Labute approximate surface area is 117 Å². The lowest BCUT2D eigenvalue weighted by Crippen LogP contribution is -2.42. The van der Waals surface area contributed by atoms with Crippen LogP contribution in [0.2, 0.25) is 0 Å². The molecule has 0 aromatic carbocycles. The highest BCUT2D eigenvalue weighted by Gasteiger charge is 2.53. The van der Waals surface area contributed by atoms with Gasteiger partial charge in [-0.15, -0.1) is 0 Å². The molecule has 0 unspecified atom stereocenters. The van der Waals surface area contributed by atoms with E-state index in [9.17, 15) is 5.26 Å². The van der Waals surface area contributed by atoms with E-state index in [1.165, 1.54) is 38.5 Å². The van der Waals surface area contributed by atoms with Crippen LogP contribution in [0.5, 0.6) is 0 Å². The van der Waals surface area contributed by atoms with Gasteiger partial charge in [-0.05, 0) is 74.0 Å². The van der Waals surface area contributed by atoms with E-state index in [1.54, 1.807) is 0 Å². The minimum Gasteiger partial charge on any atom is -0.396 e. The summed E-state index contributed by atoms with van der Waals surface area (Å²) in [6, 6.07) is 2.60. The van der Waals surface area contributed by atoms with Crippen molar-refractivity contribution in [2.45, 2.75) is 58.3 Å². The molecule has 0 aliphatic heterocycles. The van der Waals surface area contributed by atoms with Crippen LogP contribution in [0.1, 0.15) is 58.3 Å². The van der Waals surface area contributed by atoms with Crippen LogP contribution >= 0.6 is 0 Å². The standard InChI is InChI=1S/C17H27NO/c1-17-10-13-3-2-12(6-7-19)8-14(13)9-15(17)4-5-16(17)11-18/h12-16,19H,2-10H2,1H3/t12-,13-,14+,15+,16-,17+/m1/s1. The van der Waals surface area contributed by atoms with Gasteiger partial charge in [0.05, 0.1) is 12.0 Å². The largest absolute Gasteiger partial charge is 0.396 e. The van der Waals surface area contributed by atoms with Crippen molar-refractivity contribution in [2.75, 3.05) is 6.61 Å². The highest BCUT2D eigenvalue weighted by Crippen LogP contribution is 2.60. The van der Waals surface area contributed by atoms with Crippen LogP contribution in [0.15, 0.2) is 0 Å². The Hall–Kier alpha value is -0.550. The molecule has 0 bridgehead atoms. The Morgan fingerprint density at radius 1 is 1.16 bits per heavy atom. The van der Waals surface area contributed by atoms with Crippen molar-refractivity contribution in [3.63, 3.8) is 0 Å². The first-order valence-electron chi connectivity index (χ1n) is 8.18. The van der Waals surface area contributed by atoms with Crippen LogP contribution in [-0.2, 0) is 0 Å². The van der Waals surface area contributed by atoms with Crippen LogP contribution < -0.4 is 0 Å². The number of hydrogen-bond acceptors (Lipinski definition) is 2. The van der Waals surface area contributed by atoms with E-state index in [1.807, 2.05) is 0 Å². The number of rotatable bonds is 2. The summed E-state index contributed by atoms with van der Waals surface area (Å²) in [6.07, 6.45) is 10.1. The maximum Gasteiger partial charge on any atom is 0.0661 e. The van der Waals surface area contributed by atoms with Crippen molar-refractivity contribution in [1.82, 2.24) is 0 Å². The predicted molar refractivity (Wildman–Crippen MR) is 75.2 cm³/mol. The molecule has 3 aliphatic rings. The van der Waals surface area contributed by atoms with Gasteiger partial charge in [0.2, 0.25) is 0 Å². The molecule has 1 N–H and O–H groups in total. The molecule has 0 radical (unpaired) electrons. The van der Waals surface area contributed by atoms with Crippen molar-refractivity contribution in [2.24, 2.45) is 35.0 Å². The molecule has 3 rings (SSSR count). The first-order valence-corrected chi connectivity index (χ1v) is 8.18. The Kier molecular flexibility index (Phi) is 3.60. The van der Waals surface area contributed by atoms with E-state index in [0.717, 1.165) is 36.5 Å². The minimum absolute atomic E-state index is 0.314. The van der Waals surface area contributed by atoms with Gasteiger partial charge in [0.1, 0.15) is 0 Å². The van der Waals surface area contributed by atoms with Gasteiger partial charge in [-0.1, -0.05) is 13.3 Å². The molecule has 3 saturated carbocycles. The van der Waals surface area contributed by atoms with Crippen LogP contribution in [0.25, 0.3) is 0 Å². The summed E-state index contributed by atoms with van der Waals surface area (Å²) >= 11 is 0. The SMILES string of the molecule is C[C@]12C[C@H]3CC[C@H](CCO)C[C@H]3C[C@@H]1CC[C@@H]2C#N. The van der Waals surface area contributed by atoms with Crippen molar-refractivity contribution >= 4 is 0 Å². The molecule has 19 heavy (non-hydrogen) atoms. The molecule has 0 aromatic rings. The summed E-state index contributed by atoms with van der Waals surface area (Å²) in [4.78, 5) is 0. The molecular weight excluding hydrogens is 234 g/mol. The Morgan fingerprint density at radius 2 is 2.00 bits per heavy atom. The number of fused-ring (bicyclic) bond motifs is 2. The molecule has 0 amide bonds. The van der Waals surface area contributed by atoms with Crippen molar-refractivity contribution in [3.05, 3.63) is 0 Å². The number of aliphatic hydroxyl groups excluding tert-OH is 1. The summed E-state index contributed by atoms with van der Waals surface area (Å²) in [5, 5.41) is 18.5. The van der Waals surface area contributed by atoms with Crippen molar-refractivity contribution in [3.8, 4) is 6.07 Å². The van der Waals surface area contributed by atoms with Crippen molar-refractivity contribution in [1.29, 1.82) is 5.26 Å². The molecule has 3 aliphatic carbocycles. The van der Waals surface area contributed by atoms with E-state index < -0.39 is 0 Å². The average Bonchev–Trinajstić information content (AvgIpc) is 2.72. The van der Waals surface area contributed by atoms with Gasteiger partial charge in [0, 0.05) is 6.61 Å². The summed E-state index contributed by atoms with van der Waals surface area (Å²) < 4.78 is 0. The van der Waals surface area contributed by atoms with E-state index >= 15 is 0 Å². The molecular formula is C17H27NO. The first-order chi connectivity index (χ1) is 9.17. The van der Waals surface area contributed by atoms with Crippen LogP contribution in [0.4, 0.5) is 0 Å². The van der Waals surface area contributed by atoms with E-state index in [2.05, 4.69) is 13.0 Å². The van der Waals surface area contributed by atoms with Gasteiger partial charge < -0.3 is 5.11 Å². The number of nitrogens with zero attached hydrogens (tertiary/aromatic N) is 1. The predicted octanol–water partition coefficient (Wildman–Crippen LogP) is 3.75. The van der Waals surface area contributed by atoms with Crippen LogP contribution in [0, 0.1) is 46.3 Å². The number of aliphatic hydroxyl groups is 1. The third-order valence-corrected chi connectivity index (χ3v) is 6.76. The quantitative estimate of drug-likeness (QED) is 0.822. The van der Waals surface area contributed by atoms with Gasteiger partial charge in [-0.25, -0.2) is 0 Å². The molecule has 0 aromatic heterocycles. The molecule has 0 heterocycles. The summed E-state index contributed by atoms with van der Waals surface area (Å²) in [7, 11) is 0. The molecule has 0 spiro atoms. The molecule has 6 atom stereocenters. The van der Waals surface area contributed by atoms with Gasteiger partial charge in [0.25, 0.3) is 0 Å². The molecule has 0 saturated heterocycles. The van der Waals surface area contributed by atoms with E-state index in [4.69, 9.17) is 5.11 Å². The number of nitriles is 1. The second-order valence-electron chi connectivity index (χ2n) is 7.61. The van der Waals surface area contributed by atoms with Gasteiger partial charge in [0.15, 0.2) is 0 Å². The zero-order valence-electron chi connectivity index (χ0n) is 12.1. The molecule has 2 heteroatoms. The van der Waals surface area contributed by atoms with E-state index in [0.29, 0.717) is 17.9 Å². The lowest BCUT2D eigenvalue weighted by Gasteiger charge is -2.49. The fourth-order valence-electron chi connectivity index (χ4n) is 5.58. The second kappa shape index (κ2) is 5.09. The highest BCUT2D eigenvalue weighted by atomic mass is 16.3. The maximum atomic E-state index is 9.40. The second-order valence-corrected chi connectivity index (χ2v) is 7.61. The number of hydrogen-bond donors (Lipinski definition) is 1. The third kappa shape index (κ3) is 2.21. The molecule has 2 nitrogen and oxygen atoms in total. The Bertz CT molecular complexity index is 374. The van der Waals surface area contributed by atoms with Gasteiger partial charge >= 0.3 is 0 Å². The first kappa shape index (κ1) is 13.4. The van der Waals surface area contributed by atoms with Crippen LogP contribution in [-0.4, -0.2) is 11.7 Å². The highest BCUT2D eigenvalue weighted by molar-refractivity contribution is 5.08. The lowest BCUT2D eigenvalue weighted by molar-refractivity contribution is 0.000850. The van der Waals surface area contributed by atoms with Gasteiger partial charge in [-0.2, -0.15) is 5.26 Å². The Morgan fingerprint density at radius 3 is 2.74 bits per heavy atom. The van der Waals surface area contributed by atoms with E-state index in [-0.39, 0.29) is 0 Å². The normalized spacial score (nSPS) is 49.2. The summed E-state index contributed by atoms with van der Waals surface area (Å²) in [6.45, 7) is 2.76. The molecule has 106 valence electrons. The zero-order chi connectivity index (χ0) is 13.5. The fraction of sp³-hybridized carbons (Fsp3) is 0.941. The third-order valence-electron chi connectivity index (χ3n) is 6.76. The molecule has 3 fully saturated rings.